The number of piperidine rings is 1. The number of rotatable bonds is 6. The number of likely N-dealkylation sites (tertiary alicyclic amines) is 1. The van der Waals surface area contributed by atoms with Gasteiger partial charge in [0.1, 0.15) is 5.75 Å². The van der Waals surface area contributed by atoms with Gasteiger partial charge in [0, 0.05) is 12.5 Å². The Balaban J connectivity index is 1.90. The second-order valence-corrected chi connectivity index (χ2v) is 6.87. The molecule has 0 aromatic heterocycles. The Morgan fingerprint density at radius 3 is 2.43 bits per heavy atom. The van der Waals surface area contributed by atoms with Crippen LogP contribution in [0.15, 0.2) is 24.3 Å². The van der Waals surface area contributed by atoms with Crippen LogP contribution in [0.5, 0.6) is 5.75 Å². The third-order valence-electron chi connectivity index (χ3n) is 5.32. The lowest BCUT2D eigenvalue weighted by Crippen LogP contribution is -2.34. The van der Waals surface area contributed by atoms with Crippen molar-refractivity contribution in [1.82, 2.24) is 4.90 Å². The minimum absolute atomic E-state index is 0.296. The summed E-state index contributed by atoms with van der Waals surface area (Å²) in [5.74, 6) is 1.70. The van der Waals surface area contributed by atoms with Crippen LogP contribution in [0, 0.1) is 5.92 Å². The maximum Gasteiger partial charge on any atom is 0.119 e. The van der Waals surface area contributed by atoms with Gasteiger partial charge in [-0.05, 0) is 62.4 Å². The topological polar surface area (TPSA) is 12.5 Å². The Hall–Kier alpha value is -1.02. The highest BCUT2D eigenvalue weighted by Crippen LogP contribution is 2.32. The molecule has 0 amide bonds. The molecular formula is C19H31NO. The lowest BCUT2D eigenvalue weighted by atomic mass is 9.78. The lowest BCUT2D eigenvalue weighted by molar-refractivity contribution is 0.150. The van der Waals surface area contributed by atoms with Crippen LogP contribution in [0.4, 0.5) is 0 Å². The molecule has 0 aliphatic carbocycles. The summed E-state index contributed by atoms with van der Waals surface area (Å²) in [5, 5.41) is 0. The first kappa shape index (κ1) is 16.4. The van der Waals surface area contributed by atoms with Gasteiger partial charge in [0.05, 0.1) is 6.61 Å². The zero-order valence-electron chi connectivity index (χ0n) is 14.2. The number of hydrogen-bond donors (Lipinski definition) is 0. The minimum atomic E-state index is 0.296. The van der Waals surface area contributed by atoms with Crippen molar-refractivity contribution in [2.45, 2.75) is 51.9 Å². The van der Waals surface area contributed by atoms with Gasteiger partial charge in [-0.2, -0.15) is 0 Å². The summed E-state index contributed by atoms with van der Waals surface area (Å²) in [6, 6.07) is 8.78. The largest absolute Gasteiger partial charge is 0.493 e. The Morgan fingerprint density at radius 2 is 1.86 bits per heavy atom. The highest BCUT2D eigenvalue weighted by atomic mass is 16.5. The fourth-order valence-corrected chi connectivity index (χ4v) is 3.24. The quantitative estimate of drug-likeness (QED) is 0.765. The van der Waals surface area contributed by atoms with Crippen molar-refractivity contribution in [2.24, 2.45) is 5.92 Å². The lowest BCUT2D eigenvalue weighted by Gasteiger charge is -2.30. The molecule has 1 heterocycles. The molecule has 0 bridgehead atoms. The highest BCUT2D eigenvalue weighted by molar-refractivity contribution is 5.32. The van der Waals surface area contributed by atoms with Crippen LogP contribution in [0.3, 0.4) is 0 Å². The van der Waals surface area contributed by atoms with Gasteiger partial charge in [-0.15, -0.1) is 0 Å². The van der Waals surface area contributed by atoms with E-state index in [1.165, 1.54) is 44.3 Å². The molecule has 1 fully saturated rings. The third kappa shape index (κ3) is 4.23. The van der Waals surface area contributed by atoms with Gasteiger partial charge in [0.2, 0.25) is 0 Å². The van der Waals surface area contributed by atoms with E-state index in [1.54, 1.807) is 0 Å². The summed E-state index contributed by atoms with van der Waals surface area (Å²) in [5.41, 5.74) is 1.72. The predicted molar refractivity (Wildman–Crippen MR) is 90.1 cm³/mol. The average Bonchev–Trinajstić information content (AvgIpc) is 2.53. The maximum atomic E-state index is 6.00. The van der Waals surface area contributed by atoms with Crippen LogP contribution in [0.2, 0.25) is 0 Å². The van der Waals surface area contributed by atoms with Crippen LogP contribution in [0.1, 0.15) is 52.0 Å². The van der Waals surface area contributed by atoms with E-state index in [0.717, 1.165) is 12.4 Å². The summed E-state index contributed by atoms with van der Waals surface area (Å²) in [6.45, 7) is 10.1. The minimum Gasteiger partial charge on any atom is -0.493 e. The fourth-order valence-electron chi connectivity index (χ4n) is 3.24. The molecule has 0 spiro atoms. The summed E-state index contributed by atoms with van der Waals surface area (Å²) in [7, 11) is 2.21. The number of nitrogens with zero attached hydrogens (tertiary/aromatic N) is 1. The molecule has 1 atom stereocenters. The molecule has 1 aliphatic heterocycles. The van der Waals surface area contributed by atoms with Gasteiger partial charge < -0.3 is 9.64 Å². The van der Waals surface area contributed by atoms with Crippen LogP contribution < -0.4 is 4.74 Å². The summed E-state index contributed by atoms with van der Waals surface area (Å²) in [4.78, 5) is 2.41. The van der Waals surface area contributed by atoms with Crippen LogP contribution in [0.25, 0.3) is 0 Å². The summed E-state index contributed by atoms with van der Waals surface area (Å²) in [6.07, 6.45) is 4.96. The zero-order chi connectivity index (χ0) is 15.3. The first-order valence-corrected chi connectivity index (χ1v) is 8.49. The zero-order valence-corrected chi connectivity index (χ0v) is 14.2. The van der Waals surface area contributed by atoms with Crippen LogP contribution in [-0.2, 0) is 5.41 Å². The normalized spacial score (nSPS) is 20.5. The average molecular weight is 289 g/mol. The number of hydrogen-bond acceptors (Lipinski definition) is 2. The fraction of sp³-hybridized carbons (Fsp3) is 0.684. The van der Waals surface area contributed by atoms with Crippen molar-refractivity contribution in [3.63, 3.8) is 0 Å². The Kier molecular flexibility index (Phi) is 5.69. The molecule has 21 heavy (non-hydrogen) atoms. The molecule has 0 N–H and O–H groups in total. The second kappa shape index (κ2) is 7.31. The van der Waals surface area contributed by atoms with Gasteiger partial charge in [-0.1, -0.05) is 32.9 Å². The predicted octanol–water partition coefficient (Wildman–Crippen LogP) is 4.48. The monoisotopic (exact) mass is 289 g/mol. The summed E-state index contributed by atoms with van der Waals surface area (Å²) < 4.78 is 6.00. The first-order chi connectivity index (χ1) is 10.1. The van der Waals surface area contributed by atoms with E-state index in [4.69, 9.17) is 4.74 Å². The molecule has 2 heteroatoms. The molecule has 0 radical (unpaired) electrons. The van der Waals surface area contributed by atoms with Gasteiger partial charge >= 0.3 is 0 Å². The summed E-state index contributed by atoms with van der Waals surface area (Å²) >= 11 is 0. The van der Waals surface area contributed by atoms with Crippen molar-refractivity contribution in [3.05, 3.63) is 29.8 Å². The standard InChI is InChI=1S/C19H31NO/c1-5-19(3,6-2)17-9-11-18(12-10-17)21-15-16-8-7-13-20(4)14-16/h9-12,16H,5-8,13-15H2,1-4H3. The van der Waals surface area contributed by atoms with E-state index in [1.807, 2.05) is 0 Å². The van der Waals surface area contributed by atoms with Crippen molar-refractivity contribution in [1.29, 1.82) is 0 Å². The Morgan fingerprint density at radius 1 is 1.19 bits per heavy atom. The maximum absolute atomic E-state index is 6.00. The third-order valence-corrected chi connectivity index (χ3v) is 5.32. The van der Waals surface area contributed by atoms with Gasteiger partial charge in [-0.25, -0.2) is 0 Å². The molecule has 0 saturated carbocycles. The smallest absolute Gasteiger partial charge is 0.119 e. The van der Waals surface area contributed by atoms with E-state index in [2.05, 4.69) is 57.0 Å². The highest BCUT2D eigenvalue weighted by Gasteiger charge is 2.22. The van der Waals surface area contributed by atoms with E-state index < -0.39 is 0 Å². The first-order valence-electron chi connectivity index (χ1n) is 8.49. The van der Waals surface area contributed by atoms with Crippen LogP contribution in [-0.4, -0.2) is 31.6 Å². The van der Waals surface area contributed by atoms with Crippen molar-refractivity contribution >= 4 is 0 Å². The Bertz CT molecular complexity index is 422. The molecule has 1 aliphatic rings. The molecule has 118 valence electrons. The SMILES string of the molecule is CCC(C)(CC)c1ccc(OCC2CCCN(C)C2)cc1. The molecule has 2 rings (SSSR count). The Labute approximate surface area is 130 Å². The molecule has 1 aromatic rings. The molecular weight excluding hydrogens is 258 g/mol. The van der Waals surface area contributed by atoms with E-state index in [9.17, 15) is 0 Å². The van der Waals surface area contributed by atoms with E-state index >= 15 is 0 Å². The molecule has 2 nitrogen and oxygen atoms in total. The number of benzene rings is 1. The van der Waals surface area contributed by atoms with Crippen LogP contribution >= 0.6 is 0 Å². The molecule has 1 aromatic carbocycles. The second-order valence-electron chi connectivity index (χ2n) is 6.87. The van der Waals surface area contributed by atoms with Gasteiger partial charge in [0.15, 0.2) is 0 Å². The van der Waals surface area contributed by atoms with Gasteiger partial charge in [0.25, 0.3) is 0 Å². The van der Waals surface area contributed by atoms with Crippen molar-refractivity contribution in [2.75, 3.05) is 26.7 Å². The molecule has 1 saturated heterocycles. The van der Waals surface area contributed by atoms with Crippen molar-refractivity contribution in [3.8, 4) is 5.75 Å². The molecule has 1 unspecified atom stereocenters. The van der Waals surface area contributed by atoms with E-state index in [-0.39, 0.29) is 0 Å². The van der Waals surface area contributed by atoms with E-state index in [0.29, 0.717) is 11.3 Å². The number of ether oxygens (including phenoxy) is 1. The van der Waals surface area contributed by atoms with Crippen molar-refractivity contribution < 1.29 is 4.74 Å². The van der Waals surface area contributed by atoms with Gasteiger partial charge in [-0.3, -0.25) is 0 Å².